The van der Waals surface area contributed by atoms with E-state index in [-0.39, 0.29) is 0 Å². The molecule has 0 heteroatoms. The van der Waals surface area contributed by atoms with Crippen LogP contribution in [-0.4, -0.2) is 0 Å². The molecule has 0 aromatic heterocycles. The van der Waals surface area contributed by atoms with Crippen LogP contribution in [0.3, 0.4) is 0 Å². The average Bonchev–Trinajstić information content (AvgIpc) is 2.55. The molecule has 0 nitrogen and oxygen atoms in total. The van der Waals surface area contributed by atoms with Gasteiger partial charge in [-0.05, 0) is 36.0 Å². The summed E-state index contributed by atoms with van der Waals surface area (Å²) in [6.45, 7) is 4.44. The fourth-order valence-electron chi connectivity index (χ4n) is 2.50. The van der Waals surface area contributed by atoms with Gasteiger partial charge in [0.15, 0.2) is 0 Å². The summed E-state index contributed by atoms with van der Waals surface area (Å²) < 4.78 is 0. The second kappa shape index (κ2) is 8.46. The van der Waals surface area contributed by atoms with E-state index in [1.165, 1.54) is 29.0 Å². The predicted octanol–water partition coefficient (Wildman–Crippen LogP) is 5.77. The molecule has 0 spiro atoms. The maximum atomic E-state index is 2.30. The van der Waals surface area contributed by atoms with Gasteiger partial charge in [-0.3, -0.25) is 0 Å². The van der Waals surface area contributed by atoms with Crippen LogP contribution < -0.4 is 0 Å². The van der Waals surface area contributed by atoms with Crippen molar-refractivity contribution in [3.05, 3.63) is 89.4 Å². The molecule has 0 amide bonds. The Bertz CT molecular complexity index is 534. The first-order chi connectivity index (χ1) is 10.3. The van der Waals surface area contributed by atoms with Gasteiger partial charge in [-0.25, -0.2) is 0 Å². The zero-order valence-electron chi connectivity index (χ0n) is 13.2. The first-order valence-electron chi connectivity index (χ1n) is 7.99. The molecule has 1 radical (unpaired) electrons. The van der Waals surface area contributed by atoms with E-state index < -0.39 is 0 Å². The molecule has 0 N–H and O–H groups in total. The quantitative estimate of drug-likeness (QED) is 0.602. The summed E-state index contributed by atoms with van der Waals surface area (Å²) in [4.78, 5) is 0. The molecule has 0 fully saturated rings. The van der Waals surface area contributed by atoms with E-state index in [2.05, 4.69) is 80.6 Å². The molecular weight excluding hydrogens is 252 g/mol. The number of benzene rings is 2. The summed E-state index contributed by atoms with van der Waals surface area (Å²) in [5.74, 6) is 1.44. The molecule has 0 aliphatic rings. The molecular formula is C21H25. The summed E-state index contributed by atoms with van der Waals surface area (Å²) in [5, 5.41) is 0. The molecule has 0 aliphatic carbocycles. The molecule has 2 aromatic carbocycles. The second-order valence-electron chi connectivity index (χ2n) is 5.42. The highest BCUT2D eigenvalue weighted by Gasteiger charge is 2.07. The molecule has 2 aromatic rings. The highest BCUT2D eigenvalue weighted by Crippen LogP contribution is 2.22. The lowest BCUT2D eigenvalue weighted by atomic mass is 9.92. The average molecular weight is 277 g/mol. The first-order valence-corrected chi connectivity index (χ1v) is 7.99. The molecule has 0 heterocycles. The van der Waals surface area contributed by atoms with Crippen LogP contribution in [0.25, 0.3) is 0 Å². The van der Waals surface area contributed by atoms with Gasteiger partial charge in [0.05, 0.1) is 0 Å². The lowest BCUT2D eigenvalue weighted by molar-refractivity contribution is 0.859. The van der Waals surface area contributed by atoms with Crippen LogP contribution in [-0.2, 0) is 12.8 Å². The van der Waals surface area contributed by atoms with Gasteiger partial charge in [-0.2, -0.15) is 0 Å². The van der Waals surface area contributed by atoms with E-state index in [9.17, 15) is 0 Å². The minimum atomic E-state index is 1.00. The summed E-state index contributed by atoms with van der Waals surface area (Å²) >= 11 is 0. The van der Waals surface area contributed by atoms with E-state index in [0.29, 0.717) is 0 Å². The van der Waals surface area contributed by atoms with Gasteiger partial charge in [0.25, 0.3) is 0 Å². The monoisotopic (exact) mass is 277 g/mol. The van der Waals surface area contributed by atoms with Crippen molar-refractivity contribution in [1.29, 1.82) is 0 Å². The fourth-order valence-corrected chi connectivity index (χ4v) is 2.50. The second-order valence-corrected chi connectivity index (χ2v) is 5.42. The summed E-state index contributed by atoms with van der Waals surface area (Å²) in [6, 6.07) is 19.6. The van der Waals surface area contributed by atoms with E-state index in [0.717, 1.165) is 19.3 Å². The van der Waals surface area contributed by atoms with Crippen molar-refractivity contribution in [1.82, 2.24) is 0 Å². The van der Waals surface area contributed by atoms with Crippen molar-refractivity contribution in [2.75, 3.05) is 0 Å². The zero-order valence-corrected chi connectivity index (χ0v) is 13.2. The van der Waals surface area contributed by atoms with E-state index in [4.69, 9.17) is 0 Å². The van der Waals surface area contributed by atoms with Crippen molar-refractivity contribution < 1.29 is 0 Å². The van der Waals surface area contributed by atoms with Gasteiger partial charge in [0.2, 0.25) is 0 Å². The number of hydrogen-bond donors (Lipinski definition) is 0. The fraction of sp³-hybridized carbons (Fsp3) is 0.286. The molecule has 2 rings (SSSR count). The maximum absolute atomic E-state index is 2.30. The van der Waals surface area contributed by atoms with Crippen molar-refractivity contribution in [2.24, 2.45) is 0 Å². The maximum Gasteiger partial charge on any atom is 0.0263 e. The number of hydrogen-bond acceptors (Lipinski definition) is 0. The Morgan fingerprint density at radius 2 is 1.57 bits per heavy atom. The third kappa shape index (κ3) is 4.90. The molecule has 0 unspecified atom stereocenters. The molecule has 0 aliphatic heterocycles. The minimum absolute atomic E-state index is 1.00. The molecule has 0 saturated heterocycles. The Kier molecular flexibility index (Phi) is 6.27. The van der Waals surface area contributed by atoms with Crippen LogP contribution in [0.4, 0.5) is 0 Å². The predicted molar refractivity (Wildman–Crippen MR) is 92.4 cm³/mol. The SMILES string of the molecule is CCC[C](C=CCc1ccccc1)c1ccc(CC)cc1. The zero-order chi connectivity index (χ0) is 14.9. The highest BCUT2D eigenvalue weighted by molar-refractivity contribution is 5.39. The van der Waals surface area contributed by atoms with Crippen LogP contribution in [0, 0.1) is 5.92 Å². The van der Waals surface area contributed by atoms with Gasteiger partial charge < -0.3 is 0 Å². The summed E-state index contributed by atoms with van der Waals surface area (Å²) in [7, 11) is 0. The van der Waals surface area contributed by atoms with E-state index >= 15 is 0 Å². The van der Waals surface area contributed by atoms with Gasteiger partial charge >= 0.3 is 0 Å². The van der Waals surface area contributed by atoms with Crippen molar-refractivity contribution in [2.45, 2.75) is 39.5 Å². The third-order valence-corrected chi connectivity index (χ3v) is 3.77. The molecule has 0 saturated carbocycles. The van der Waals surface area contributed by atoms with Crippen LogP contribution in [0.1, 0.15) is 43.4 Å². The molecule has 109 valence electrons. The van der Waals surface area contributed by atoms with Crippen LogP contribution in [0.2, 0.25) is 0 Å². The molecule has 0 atom stereocenters. The van der Waals surface area contributed by atoms with Gasteiger partial charge in [0, 0.05) is 5.92 Å². The highest BCUT2D eigenvalue weighted by atomic mass is 14.1. The van der Waals surface area contributed by atoms with Crippen LogP contribution in [0.5, 0.6) is 0 Å². The topological polar surface area (TPSA) is 0 Å². The summed E-state index contributed by atoms with van der Waals surface area (Å²) in [6.07, 6.45) is 9.01. The Labute approximate surface area is 129 Å². The first kappa shape index (κ1) is 15.6. The van der Waals surface area contributed by atoms with Crippen molar-refractivity contribution >= 4 is 0 Å². The van der Waals surface area contributed by atoms with Crippen LogP contribution >= 0.6 is 0 Å². The Hall–Kier alpha value is -1.82. The molecule has 21 heavy (non-hydrogen) atoms. The lowest BCUT2D eigenvalue weighted by Gasteiger charge is -2.12. The standard InChI is InChI=1S/C21H25/c1-3-9-20(21-16-14-18(4-2)15-17-21)13-8-12-19-10-6-5-7-11-19/h5-8,10-11,13-17H,3-4,9,12H2,1-2H3. The van der Waals surface area contributed by atoms with E-state index in [1.54, 1.807) is 0 Å². The summed E-state index contributed by atoms with van der Waals surface area (Å²) in [5.41, 5.74) is 4.13. The Morgan fingerprint density at radius 3 is 2.19 bits per heavy atom. The van der Waals surface area contributed by atoms with Gasteiger partial charge in [-0.1, -0.05) is 87.0 Å². The van der Waals surface area contributed by atoms with Crippen molar-refractivity contribution in [3.8, 4) is 0 Å². The third-order valence-electron chi connectivity index (χ3n) is 3.77. The normalized spacial score (nSPS) is 11.4. The minimum Gasteiger partial charge on any atom is -0.0832 e. The van der Waals surface area contributed by atoms with Crippen molar-refractivity contribution in [3.63, 3.8) is 0 Å². The van der Waals surface area contributed by atoms with Crippen LogP contribution in [0.15, 0.2) is 66.7 Å². The molecule has 0 bridgehead atoms. The lowest BCUT2D eigenvalue weighted by Crippen LogP contribution is -1.97. The number of rotatable bonds is 7. The Balaban J connectivity index is 2.03. The van der Waals surface area contributed by atoms with Gasteiger partial charge in [0.1, 0.15) is 0 Å². The van der Waals surface area contributed by atoms with Gasteiger partial charge in [-0.15, -0.1) is 0 Å². The Morgan fingerprint density at radius 1 is 0.857 bits per heavy atom. The van der Waals surface area contributed by atoms with E-state index in [1.807, 2.05) is 0 Å². The number of aryl methyl sites for hydroxylation is 1. The largest absolute Gasteiger partial charge is 0.0832 e. The smallest absolute Gasteiger partial charge is 0.0263 e. The number of allylic oxidation sites excluding steroid dienone is 2.